The molecule has 1 aliphatic rings. The number of rotatable bonds is 5. The van der Waals surface area contributed by atoms with E-state index in [4.69, 9.17) is 9.94 Å². The molecular formula is C18H21FN2O6S. The van der Waals surface area contributed by atoms with Crippen LogP contribution in [-0.2, 0) is 19.4 Å². The number of halogens is 1. The molecule has 0 spiro atoms. The summed E-state index contributed by atoms with van der Waals surface area (Å²) in [5, 5.41) is 8.87. The molecule has 1 aromatic carbocycles. The van der Waals surface area contributed by atoms with Crippen LogP contribution in [0.5, 0.6) is 0 Å². The molecule has 1 heterocycles. The molecule has 2 amide bonds. The van der Waals surface area contributed by atoms with Gasteiger partial charge in [0.15, 0.2) is 14.6 Å². The standard InChI is InChI=1S/C18H21FN2O6S/c1-4-5-6-12-7-8-13(9-15(12)19)21-11-14(27-17(21)23)10-18(2,16(22)20-24)28(3,25)26/h7-9,14,24H,4,10-11H2,1-3H3,(H,20,22)/t14-,18+/m0/s1. The fourth-order valence-electron chi connectivity index (χ4n) is 2.76. The molecule has 0 aromatic heterocycles. The Morgan fingerprint density at radius 1 is 1.50 bits per heavy atom. The van der Waals surface area contributed by atoms with Crippen molar-refractivity contribution in [3.05, 3.63) is 29.6 Å². The summed E-state index contributed by atoms with van der Waals surface area (Å²) in [6.45, 7) is 2.88. The smallest absolute Gasteiger partial charge is 0.414 e. The lowest BCUT2D eigenvalue weighted by atomic mass is 10.0. The minimum absolute atomic E-state index is 0.0813. The van der Waals surface area contributed by atoms with E-state index in [1.165, 1.54) is 17.6 Å². The normalized spacial score (nSPS) is 18.7. The van der Waals surface area contributed by atoms with E-state index in [-0.39, 0.29) is 24.2 Å². The van der Waals surface area contributed by atoms with Gasteiger partial charge in [0, 0.05) is 19.1 Å². The predicted molar refractivity (Wildman–Crippen MR) is 99.0 cm³/mol. The Kier molecular flexibility index (Phi) is 6.31. The largest absolute Gasteiger partial charge is 0.444 e. The highest BCUT2D eigenvalue weighted by atomic mass is 32.2. The number of nitrogens with zero attached hydrogens (tertiary/aromatic N) is 1. The third-order valence-electron chi connectivity index (χ3n) is 4.56. The maximum absolute atomic E-state index is 14.2. The molecule has 1 fully saturated rings. The third kappa shape index (κ3) is 4.26. The predicted octanol–water partition coefficient (Wildman–Crippen LogP) is 1.61. The van der Waals surface area contributed by atoms with Gasteiger partial charge in [-0.15, -0.1) is 0 Å². The van der Waals surface area contributed by atoms with Crippen molar-refractivity contribution in [2.45, 2.75) is 37.5 Å². The topological polar surface area (TPSA) is 113 Å². The van der Waals surface area contributed by atoms with E-state index >= 15 is 0 Å². The van der Waals surface area contributed by atoms with Crippen molar-refractivity contribution in [1.29, 1.82) is 0 Å². The second kappa shape index (κ2) is 8.16. The summed E-state index contributed by atoms with van der Waals surface area (Å²) >= 11 is 0. The number of hydroxylamine groups is 1. The quantitative estimate of drug-likeness (QED) is 0.432. The summed E-state index contributed by atoms with van der Waals surface area (Å²) in [5.74, 6) is 3.70. The highest BCUT2D eigenvalue weighted by Crippen LogP contribution is 2.30. The number of hydrogen-bond donors (Lipinski definition) is 2. The number of anilines is 1. The maximum Gasteiger partial charge on any atom is 0.414 e. The van der Waals surface area contributed by atoms with Gasteiger partial charge < -0.3 is 4.74 Å². The minimum Gasteiger partial charge on any atom is -0.444 e. The zero-order valence-electron chi connectivity index (χ0n) is 15.7. The molecule has 1 aromatic rings. The van der Waals surface area contributed by atoms with Crippen molar-refractivity contribution >= 4 is 27.5 Å². The molecule has 1 aliphatic heterocycles. The highest BCUT2D eigenvalue weighted by molar-refractivity contribution is 7.92. The second-order valence-electron chi connectivity index (χ2n) is 6.58. The van der Waals surface area contributed by atoms with Crippen molar-refractivity contribution in [3.8, 4) is 11.8 Å². The van der Waals surface area contributed by atoms with Crippen LogP contribution in [0, 0.1) is 17.7 Å². The zero-order chi connectivity index (χ0) is 21.1. The lowest BCUT2D eigenvalue weighted by Gasteiger charge is -2.26. The van der Waals surface area contributed by atoms with Crippen molar-refractivity contribution in [1.82, 2.24) is 5.48 Å². The third-order valence-corrected chi connectivity index (χ3v) is 6.54. The average Bonchev–Trinajstić information content (AvgIpc) is 2.98. The summed E-state index contributed by atoms with van der Waals surface area (Å²) < 4.78 is 41.5. The van der Waals surface area contributed by atoms with Crippen molar-refractivity contribution in [2.24, 2.45) is 0 Å². The van der Waals surface area contributed by atoms with Crippen LogP contribution in [0.4, 0.5) is 14.9 Å². The minimum atomic E-state index is -3.94. The monoisotopic (exact) mass is 412 g/mol. The Morgan fingerprint density at radius 3 is 2.71 bits per heavy atom. The Morgan fingerprint density at radius 2 is 2.18 bits per heavy atom. The lowest BCUT2D eigenvalue weighted by molar-refractivity contribution is -0.132. The summed E-state index contributed by atoms with van der Waals surface area (Å²) in [5.41, 5.74) is 1.75. The van der Waals surface area contributed by atoms with Crippen LogP contribution in [0.15, 0.2) is 18.2 Å². The molecule has 0 aliphatic carbocycles. The molecular weight excluding hydrogens is 391 g/mol. The summed E-state index contributed by atoms with van der Waals surface area (Å²) in [6.07, 6.45) is -0.697. The van der Waals surface area contributed by atoms with Crippen molar-refractivity contribution in [3.63, 3.8) is 0 Å². The number of cyclic esters (lactones) is 1. The zero-order valence-corrected chi connectivity index (χ0v) is 16.5. The molecule has 8 nitrogen and oxygen atoms in total. The molecule has 152 valence electrons. The van der Waals surface area contributed by atoms with Crippen LogP contribution in [0.25, 0.3) is 0 Å². The van der Waals surface area contributed by atoms with Crippen LogP contribution in [-0.4, -0.2) is 49.3 Å². The fourth-order valence-corrected chi connectivity index (χ4v) is 3.63. The summed E-state index contributed by atoms with van der Waals surface area (Å²) in [7, 11) is -3.94. The van der Waals surface area contributed by atoms with Crippen LogP contribution >= 0.6 is 0 Å². The van der Waals surface area contributed by atoms with Gasteiger partial charge in [0.25, 0.3) is 5.91 Å². The number of ether oxygens (including phenoxy) is 1. The SMILES string of the molecule is CCC#Cc1ccc(N2C[C@H](C[C@](C)(C(=O)NO)S(C)(=O)=O)OC2=O)cc1F. The van der Waals surface area contributed by atoms with E-state index in [2.05, 4.69) is 11.8 Å². The first-order chi connectivity index (χ1) is 13.0. The van der Waals surface area contributed by atoms with Crippen LogP contribution in [0.1, 0.15) is 32.3 Å². The molecule has 2 atom stereocenters. The van der Waals surface area contributed by atoms with Crippen LogP contribution in [0.3, 0.4) is 0 Å². The van der Waals surface area contributed by atoms with E-state index in [9.17, 15) is 22.4 Å². The molecule has 0 unspecified atom stereocenters. The molecule has 2 rings (SSSR count). The molecule has 10 heteroatoms. The molecule has 0 radical (unpaired) electrons. The number of benzene rings is 1. The number of hydrogen-bond acceptors (Lipinski definition) is 6. The van der Waals surface area contributed by atoms with Gasteiger partial charge >= 0.3 is 6.09 Å². The van der Waals surface area contributed by atoms with Gasteiger partial charge in [0.2, 0.25) is 0 Å². The van der Waals surface area contributed by atoms with Gasteiger partial charge in [-0.3, -0.25) is 14.9 Å². The molecule has 1 saturated heterocycles. The van der Waals surface area contributed by atoms with Gasteiger partial charge in [-0.05, 0) is 25.1 Å². The van der Waals surface area contributed by atoms with Gasteiger partial charge in [-0.1, -0.05) is 18.8 Å². The number of sulfone groups is 1. The van der Waals surface area contributed by atoms with Gasteiger partial charge in [-0.2, -0.15) is 0 Å². The summed E-state index contributed by atoms with van der Waals surface area (Å²) in [4.78, 5) is 25.2. The Hall–Kier alpha value is -2.64. The van der Waals surface area contributed by atoms with E-state index in [1.54, 1.807) is 0 Å². The Labute approximate surface area is 162 Å². The van der Waals surface area contributed by atoms with E-state index in [0.717, 1.165) is 24.1 Å². The van der Waals surface area contributed by atoms with E-state index in [0.29, 0.717) is 6.42 Å². The molecule has 28 heavy (non-hydrogen) atoms. The fraction of sp³-hybridized carbons (Fsp3) is 0.444. The Bertz CT molecular complexity index is 953. The summed E-state index contributed by atoms with van der Waals surface area (Å²) in [6, 6.07) is 4.08. The van der Waals surface area contributed by atoms with Crippen molar-refractivity contribution < 1.29 is 32.3 Å². The highest BCUT2D eigenvalue weighted by Gasteiger charge is 2.48. The molecule has 0 saturated carbocycles. The van der Waals surface area contributed by atoms with Crippen LogP contribution < -0.4 is 10.4 Å². The maximum atomic E-state index is 14.2. The van der Waals surface area contributed by atoms with Gasteiger partial charge in [-0.25, -0.2) is 23.1 Å². The molecule has 0 bridgehead atoms. The number of carbonyl (C=O) groups excluding carboxylic acids is 2. The Balaban J connectivity index is 2.24. The second-order valence-corrected chi connectivity index (χ2v) is 9.03. The number of nitrogens with one attached hydrogen (secondary N) is 1. The van der Waals surface area contributed by atoms with E-state index < -0.39 is 38.5 Å². The first-order valence-electron chi connectivity index (χ1n) is 8.44. The number of carbonyl (C=O) groups is 2. The van der Waals surface area contributed by atoms with E-state index in [1.807, 2.05) is 6.92 Å². The molecule has 2 N–H and O–H groups in total. The van der Waals surface area contributed by atoms with Gasteiger partial charge in [0.1, 0.15) is 11.9 Å². The number of amides is 2. The van der Waals surface area contributed by atoms with Crippen molar-refractivity contribution in [2.75, 3.05) is 17.7 Å². The van der Waals surface area contributed by atoms with Gasteiger partial charge in [0.05, 0.1) is 17.8 Å². The lowest BCUT2D eigenvalue weighted by Crippen LogP contribution is -2.51. The first kappa shape index (κ1) is 21.7. The first-order valence-corrected chi connectivity index (χ1v) is 10.3. The van der Waals surface area contributed by atoms with Crippen LogP contribution in [0.2, 0.25) is 0 Å². The average molecular weight is 412 g/mol.